The van der Waals surface area contributed by atoms with Gasteiger partial charge in [-0.15, -0.1) is 0 Å². The molecule has 2 aliphatic rings. The van der Waals surface area contributed by atoms with Crippen molar-refractivity contribution >= 4 is 29.4 Å². The quantitative estimate of drug-likeness (QED) is 0.399. The maximum Gasteiger partial charge on any atom is 0.417 e. The second kappa shape index (κ2) is 9.31. The summed E-state index contributed by atoms with van der Waals surface area (Å²) in [6.45, 7) is 0.551. The molecular weight excluding hydrogens is 495 g/mol. The summed E-state index contributed by atoms with van der Waals surface area (Å²) in [7, 11) is 0. The first-order valence-electron chi connectivity index (χ1n) is 11.1. The van der Waals surface area contributed by atoms with Gasteiger partial charge in [-0.05, 0) is 35.7 Å². The summed E-state index contributed by atoms with van der Waals surface area (Å²) in [6, 6.07) is 14.8. The molecule has 1 aromatic heterocycles. The molecule has 2 aliphatic heterocycles. The van der Waals surface area contributed by atoms with Crippen LogP contribution in [0.4, 0.5) is 18.9 Å². The number of pyridine rings is 1. The van der Waals surface area contributed by atoms with E-state index in [0.717, 1.165) is 18.1 Å². The van der Waals surface area contributed by atoms with E-state index in [2.05, 4.69) is 9.98 Å². The molecule has 3 aromatic rings. The Balaban J connectivity index is 1.35. The summed E-state index contributed by atoms with van der Waals surface area (Å²) in [5, 5.41) is 10.4. The van der Waals surface area contributed by atoms with Crippen LogP contribution in [0, 0.1) is 0 Å². The number of aliphatic imine (C=N–C) groups is 1. The van der Waals surface area contributed by atoms with Crippen LogP contribution >= 0.6 is 11.6 Å². The lowest BCUT2D eigenvalue weighted by Crippen LogP contribution is -2.44. The summed E-state index contributed by atoms with van der Waals surface area (Å²) in [5.74, 6) is -0.283. The van der Waals surface area contributed by atoms with Gasteiger partial charge in [0.25, 0.3) is 5.91 Å². The number of rotatable bonds is 4. The van der Waals surface area contributed by atoms with Gasteiger partial charge in [-0.3, -0.25) is 9.79 Å². The van der Waals surface area contributed by atoms with Gasteiger partial charge in [-0.25, -0.2) is 4.98 Å². The highest BCUT2D eigenvalue weighted by Gasteiger charge is 2.37. The molecule has 1 atom stereocenters. The monoisotopic (exact) mass is 513 g/mol. The fourth-order valence-corrected chi connectivity index (χ4v) is 4.55. The molecule has 10 heteroatoms. The fourth-order valence-electron chi connectivity index (χ4n) is 4.35. The lowest BCUT2D eigenvalue weighted by molar-refractivity contribution is -0.137. The lowest BCUT2D eigenvalue weighted by atomic mass is 9.86. The minimum Gasteiger partial charge on any atom is -0.511 e. The van der Waals surface area contributed by atoms with Gasteiger partial charge in [0.15, 0.2) is 0 Å². The largest absolute Gasteiger partial charge is 0.511 e. The van der Waals surface area contributed by atoms with Crippen LogP contribution in [0.15, 0.2) is 77.1 Å². The van der Waals surface area contributed by atoms with Crippen molar-refractivity contribution in [1.29, 1.82) is 0 Å². The van der Waals surface area contributed by atoms with Crippen molar-refractivity contribution < 1.29 is 27.8 Å². The van der Waals surface area contributed by atoms with E-state index in [1.165, 1.54) is 17.8 Å². The zero-order chi connectivity index (χ0) is 25.4. The Hall–Kier alpha value is -3.85. The lowest BCUT2D eigenvalue weighted by Gasteiger charge is -2.40. The fraction of sp³-hybridized carbons (Fsp3) is 0.192. The Bertz CT molecular complexity index is 1400. The van der Waals surface area contributed by atoms with Crippen LogP contribution in [0.5, 0.6) is 11.6 Å². The molecule has 0 unspecified atom stereocenters. The average Bonchev–Trinajstić information content (AvgIpc) is 2.84. The third kappa shape index (κ3) is 4.66. The number of ether oxygens (including phenoxy) is 1. The average molecular weight is 514 g/mol. The van der Waals surface area contributed by atoms with Crippen molar-refractivity contribution in [3.8, 4) is 11.6 Å². The number of hydrogen-bond donors (Lipinski definition) is 1. The molecule has 3 heterocycles. The molecule has 0 spiro atoms. The van der Waals surface area contributed by atoms with Crippen LogP contribution < -0.4 is 4.74 Å². The van der Waals surface area contributed by atoms with Crippen LogP contribution in [-0.2, 0) is 17.4 Å². The molecule has 184 valence electrons. The summed E-state index contributed by atoms with van der Waals surface area (Å²) in [5.41, 5.74) is 1.75. The van der Waals surface area contributed by atoms with Crippen LogP contribution in [-0.4, -0.2) is 33.7 Å². The number of carbonyl (C=O) groups is 1. The molecular formula is C26H19ClF3N3O3. The van der Waals surface area contributed by atoms with Crippen molar-refractivity contribution in [2.45, 2.75) is 25.1 Å². The van der Waals surface area contributed by atoms with Crippen molar-refractivity contribution in [1.82, 2.24) is 9.88 Å². The maximum atomic E-state index is 13.1. The molecule has 1 N–H and O–H groups in total. The normalized spacial score (nSPS) is 17.8. The van der Waals surface area contributed by atoms with Gasteiger partial charge >= 0.3 is 6.18 Å². The molecule has 0 fully saturated rings. The predicted octanol–water partition coefficient (Wildman–Crippen LogP) is 6.59. The first-order valence-corrected chi connectivity index (χ1v) is 11.4. The molecule has 5 rings (SSSR count). The van der Waals surface area contributed by atoms with E-state index in [1.54, 1.807) is 23.1 Å². The highest BCUT2D eigenvalue weighted by Crippen LogP contribution is 2.39. The summed E-state index contributed by atoms with van der Waals surface area (Å²) >= 11 is 5.91. The Kier molecular flexibility index (Phi) is 6.17. The smallest absolute Gasteiger partial charge is 0.417 e. The van der Waals surface area contributed by atoms with Gasteiger partial charge in [0.2, 0.25) is 5.88 Å². The standard InChI is InChI=1S/C26H19ClF3N3O3/c27-21-10-16(26(28,29)30)13-32-24(21)36-18-6-3-5-17(11-18)31-14-20-23(34)12-22-19-7-2-1-4-15(19)8-9-33(22)25(20)35/h1-7,10-11,13-14,22,34H,8-9,12H2/t22-/m0/s1. The Labute approximate surface area is 209 Å². The van der Waals surface area contributed by atoms with Crippen molar-refractivity contribution in [3.05, 3.63) is 93.8 Å². The number of nitrogens with zero attached hydrogens (tertiary/aromatic N) is 3. The Morgan fingerprint density at radius 3 is 2.75 bits per heavy atom. The zero-order valence-corrected chi connectivity index (χ0v) is 19.4. The molecule has 0 saturated carbocycles. The van der Waals surface area contributed by atoms with Crippen LogP contribution in [0.1, 0.15) is 29.2 Å². The van der Waals surface area contributed by atoms with Crippen molar-refractivity contribution in [2.75, 3.05) is 6.54 Å². The minimum absolute atomic E-state index is 0.0326. The Morgan fingerprint density at radius 1 is 1.17 bits per heavy atom. The van der Waals surface area contributed by atoms with E-state index < -0.39 is 11.7 Å². The number of aromatic nitrogens is 1. The SMILES string of the molecule is O=C1C(C=Nc2cccc(Oc3ncc(C(F)(F)F)cc3Cl)c2)=C(O)C[C@H]2c3ccccc3CCN12. The van der Waals surface area contributed by atoms with E-state index >= 15 is 0 Å². The molecule has 36 heavy (non-hydrogen) atoms. The molecule has 0 saturated heterocycles. The molecule has 1 amide bonds. The topological polar surface area (TPSA) is 75.0 Å². The number of hydrogen-bond acceptors (Lipinski definition) is 5. The van der Waals surface area contributed by atoms with Gasteiger partial charge in [0.05, 0.1) is 22.9 Å². The van der Waals surface area contributed by atoms with Crippen LogP contribution in [0.25, 0.3) is 0 Å². The summed E-state index contributed by atoms with van der Waals surface area (Å²) < 4.78 is 44.0. The second-order valence-corrected chi connectivity index (χ2v) is 8.80. The first kappa shape index (κ1) is 23.9. The number of amides is 1. The van der Waals surface area contributed by atoms with E-state index in [9.17, 15) is 23.1 Å². The van der Waals surface area contributed by atoms with Crippen LogP contribution in [0.2, 0.25) is 5.02 Å². The number of carbonyl (C=O) groups excluding carboxylic acids is 1. The second-order valence-electron chi connectivity index (χ2n) is 8.39. The van der Waals surface area contributed by atoms with E-state index in [1.807, 2.05) is 24.3 Å². The third-order valence-electron chi connectivity index (χ3n) is 6.11. The van der Waals surface area contributed by atoms with Gasteiger partial charge in [-0.1, -0.05) is 41.9 Å². The maximum absolute atomic E-state index is 13.1. The molecule has 2 aromatic carbocycles. The summed E-state index contributed by atoms with van der Waals surface area (Å²) in [6.07, 6.45) is -1.58. The van der Waals surface area contributed by atoms with E-state index in [-0.39, 0.29) is 39.9 Å². The number of aliphatic hydroxyl groups excluding tert-OH is 1. The number of alkyl halides is 3. The van der Waals surface area contributed by atoms with E-state index in [4.69, 9.17) is 16.3 Å². The number of halogens is 4. The summed E-state index contributed by atoms with van der Waals surface area (Å²) in [4.78, 5) is 22.9. The number of aliphatic hydroxyl groups is 1. The highest BCUT2D eigenvalue weighted by atomic mass is 35.5. The molecule has 0 bridgehead atoms. The van der Waals surface area contributed by atoms with E-state index in [0.29, 0.717) is 24.8 Å². The van der Waals surface area contributed by atoms with Crippen LogP contribution in [0.3, 0.4) is 0 Å². The number of benzene rings is 2. The third-order valence-corrected chi connectivity index (χ3v) is 6.38. The zero-order valence-electron chi connectivity index (χ0n) is 18.7. The number of fused-ring (bicyclic) bond motifs is 3. The molecule has 0 aliphatic carbocycles. The predicted molar refractivity (Wildman–Crippen MR) is 128 cm³/mol. The molecule has 0 radical (unpaired) electrons. The highest BCUT2D eigenvalue weighted by molar-refractivity contribution is 6.31. The molecule has 6 nitrogen and oxygen atoms in total. The van der Waals surface area contributed by atoms with Gasteiger partial charge in [0.1, 0.15) is 16.5 Å². The first-order chi connectivity index (χ1) is 17.2. The van der Waals surface area contributed by atoms with Gasteiger partial charge in [-0.2, -0.15) is 13.2 Å². The Morgan fingerprint density at radius 2 is 1.97 bits per heavy atom. The van der Waals surface area contributed by atoms with Gasteiger partial charge in [0, 0.05) is 31.4 Å². The van der Waals surface area contributed by atoms with Crippen molar-refractivity contribution in [3.63, 3.8) is 0 Å². The minimum atomic E-state index is -4.57. The van der Waals surface area contributed by atoms with Crippen molar-refractivity contribution in [2.24, 2.45) is 4.99 Å². The van der Waals surface area contributed by atoms with Gasteiger partial charge < -0.3 is 14.7 Å².